The van der Waals surface area contributed by atoms with E-state index in [1.165, 1.54) is 0 Å². The van der Waals surface area contributed by atoms with E-state index in [0.717, 1.165) is 12.8 Å². The van der Waals surface area contributed by atoms with Crippen molar-refractivity contribution in [3.8, 4) is 0 Å². The first-order valence-electron chi connectivity index (χ1n) is 7.71. The number of carbonyl (C=O) groups is 2. The van der Waals surface area contributed by atoms with E-state index >= 15 is 0 Å². The number of pyridine rings is 1. The maximum atomic E-state index is 12.4. The molecule has 1 aromatic rings. The zero-order valence-corrected chi connectivity index (χ0v) is 13.5. The van der Waals surface area contributed by atoms with E-state index in [1.807, 2.05) is 20.9 Å². The maximum Gasteiger partial charge on any atom is 0.321 e. The number of piperidine rings is 1. The Labute approximate surface area is 131 Å². The van der Waals surface area contributed by atoms with Gasteiger partial charge in [-0.1, -0.05) is 0 Å². The van der Waals surface area contributed by atoms with Crippen LogP contribution in [0.5, 0.6) is 0 Å². The second kappa shape index (κ2) is 7.24. The highest BCUT2D eigenvalue weighted by Crippen LogP contribution is 2.20. The van der Waals surface area contributed by atoms with Crippen LogP contribution in [0.1, 0.15) is 26.7 Å². The monoisotopic (exact) mass is 304 g/mol. The fourth-order valence-corrected chi connectivity index (χ4v) is 2.54. The van der Waals surface area contributed by atoms with E-state index in [0.29, 0.717) is 18.8 Å². The summed E-state index contributed by atoms with van der Waals surface area (Å²) < 4.78 is 0. The van der Waals surface area contributed by atoms with Gasteiger partial charge in [0.2, 0.25) is 5.91 Å². The lowest BCUT2D eigenvalue weighted by Crippen LogP contribution is -2.48. The Morgan fingerprint density at radius 3 is 2.68 bits per heavy atom. The summed E-state index contributed by atoms with van der Waals surface area (Å²) in [5.74, 6) is 0.0146. The standard InChI is InChI=1S/C16H24N4O2/c1-12(2)19(3)15(21)13-5-4-10-20(11-13)16(22)18-14-6-8-17-9-7-14/h6-9,12-13H,4-5,10-11H2,1-3H3,(H,17,18,22)/t13-/m1/s1. The van der Waals surface area contributed by atoms with Crippen LogP contribution in [0.4, 0.5) is 10.5 Å². The topological polar surface area (TPSA) is 65.5 Å². The van der Waals surface area contributed by atoms with Crippen LogP contribution in [-0.4, -0.2) is 52.9 Å². The Hall–Kier alpha value is -2.11. The molecule has 1 atom stereocenters. The largest absolute Gasteiger partial charge is 0.343 e. The molecule has 2 heterocycles. The summed E-state index contributed by atoms with van der Waals surface area (Å²) in [6.45, 7) is 5.15. The Balaban J connectivity index is 1.95. The lowest BCUT2D eigenvalue weighted by Gasteiger charge is -2.35. The van der Waals surface area contributed by atoms with Crippen LogP contribution < -0.4 is 5.32 Å². The van der Waals surface area contributed by atoms with E-state index in [-0.39, 0.29) is 23.9 Å². The zero-order valence-electron chi connectivity index (χ0n) is 13.5. The molecule has 0 unspecified atom stereocenters. The van der Waals surface area contributed by atoms with Gasteiger partial charge in [0.25, 0.3) is 0 Å². The van der Waals surface area contributed by atoms with Crippen LogP contribution in [0.25, 0.3) is 0 Å². The number of rotatable bonds is 3. The number of likely N-dealkylation sites (tertiary alicyclic amines) is 1. The van der Waals surface area contributed by atoms with Gasteiger partial charge in [0.05, 0.1) is 5.92 Å². The summed E-state index contributed by atoms with van der Waals surface area (Å²) in [5, 5.41) is 2.85. The number of amides is 3. The molecular formula is C16H24N4O2. The summed E-state index contributed by atoms with van der Waals surface area (Å²) in [7, 11) is 1.82. The molecule has 3 amide bonds. The Kier molecular flexibility index (Phi) is 5.35. The van der Waals surface area contributed by atoms with Crippen LogP contribution in [0.3, 0.4) is 0 Å². The molecule has 1 aliphatic heterocycles. The second-order valence-electron chi connectivity index (χ2n) is 5.99. The van der Waals surface area contributed by atoms with Gasteiger partial charge in [0.15, 0.2) is 0 Å². The Morgan fingerprint density at radius 2 is 2.05 bits per heavy atom. The van der Waals surface area contributed by atoms with Crippen molar-refractivity contribution < 1.29 is 9.59 Å². The molecule has 120 valence electrons. The summed E-state index contributed by atoms with van der Waals surface area (Å²) >= 11 is 0. The Morgan fingerprint density at radius 1 is 1.36 bits per heavy atom. The molecule has 0 aromatic carbocycles. The lowest BCUT2D eigenvalue weighted by molar-refractivity contribution is -0.137. The van der Waals surface area contributed by atoms with Gasteiger partial charge in [-0.05, 0) is 38.8 Å². The molecule has 6 heteroatoms. The van der Waals surface area contributed by atoms with Crippen molar-refractivity contribution in [2.75, 3.05) is 25.5 Å². The average Bonchev–Trinajstić information content (AvgIpc) is 2.54. The van der Waals surface area contributed by atoms with Crippen LogP contribution in [-0.2, 0) is 4.79 Å². The number of anilines is 1. The van der Waals surface area contributed by atoms with Crippen LogP contribution >= 0.6 is 0 Å². The van der Waals surface area contributed by atoms with Crippen molar-refractivity contribution in [2.24, 2.45) is 5.92 Å². The molecule has 0 radical (unpaired) electrons. The third kappa shape index (κ3) is 3.96. The maximum absolute atomic E-state index is 12.4. The van der Waals surface area contributed by atoms with Gasteiger partial charge in [-0.3, -0.25) is 9.78 Å². The summed E-state index contributed by atoms with van der Waals surface area (Å²) in [6, 6.07) is 3.51. The summed E-state index contributed by atoms with van der Waals surface area (Å²) in [5.41, 5.74) is 0.716. The smallest absolute Gasteiger partial charge is 0.321 e. The molecule has 1 aliphatic rings. The van der Waals surface area contributed by atoms with Crippen LogP contribution in [0, 0.1) is 5.92 Å². The molecule has 0 aliphatic carbocycles. The van der Waals surface area contributed by atoms with E-state index in [1.54, 1.807) is 34.3 Å². The number of hydrogen-bond donors (Lipinski definition) is 1. The van der Waals surface area contributed by atoms with Crippen molar-refractivity contribution in [1.82, 2.24) is 14.8 Å². The first kappa shape index (κ1) is 16.3. The highest BCUT2D eigenvalue weighted by molar-refractivity contribution is 5.90. The predicted molar refractivity (Wildman–Crippen MR) is 85.5 cm³/mol. The molecule has 0 spiro atoms. The molecule has 6 nitrogen and oxygen atoms in total. The van der Waals surface area contributed by atoms with E-state index in [4.69, 9.17) is 0 Å². The molecule has 1 N–H and O–H groups in total. The summed E-state index contributed by atoms with van der Waals surface area (Å²) in [4.78, 5) is 32.1. The minimum absolute atomic E-state index is 0.107. The van der Waals surface area contributed by atoms with Gasteiger partial charge in [-0.2, -0.15) is 0 Å². The molecule has 0 saturated carbocycles. The molecule has 22 heavy (non-hydrogen) atoms. The number of carbonyl (C=O) groups excluding carboxylic acids is 2. The van der Waals surface area contributed by atoms with Crippen LogP contribution in [0.2, 0.25) is 0 Å². The second-order valence-corrected chi connectivity index (χ2v) is 5.99. The van der Waals surface area contributed by atoms with Gasteiger partial charge in [-0.15, -0.1) is 0 Å². The predicted octanol–water partition coefficient (Wildman–Crippen LogP) is 2.19. The van der Waals surface area contributed by atoms with E-state index in [2.05, 4.69) is 10.3 Å². The summed E-state index contributed by atoms with van der Waals surface area (Å²) in [6.07, 6.45) is 4.96. The molecular weight excluding hydrogens is 280 g/mol. The number of aromatic nitrogens is 1. The van der Waals surface area contributed by atoms with E-state index < -0.39 is 0 Å². The number of nitrogens with zero attached hydrogens (tertiary/aromatic N) is 3. The fourth-order valence-electron chi connectivity index (χ4n) is 2.54. The molecule has 0 bridgehead atoms. The third-order valence-corrected chi connectivity index (χ3v) is 4.11. The minimum Gasteiger partial charge on any atom is -0.343 e. The van der Waals surface area contributed by atoms with Gasteiger partial charge >= 0.3 is 6.03 Å². The van der Waals surface area contributed by atoms with Crippen molar-refractivity contribution in [3.63, 3.8) is 0 Å². The van der Waals surface area contributed by atoms with Gasteiger partial charge in [0.1, 0.15) is 0 Å². The molecule has 1 saturated heterocycles. The number of urea groups is 1. The van der Waals surface area contributed by atoms with Gasteiger partial charge < -0.3 is 15.1 Å². The zero-order chi connectivity index (χ0) is 16.1. The van der Waals surface area contributed by atoms with Crippen molar-refractivity contribution >= 4 is 17.6 Å². The van der Waals surface area contributed by atoms with Gasteiger partial charge in [0, 0.05) is 44.3 Å². The van der Waals surface area contributed by atoms with Crippen molar-refractivity contribution in [1.29, 1.82) is 0 Å². The molecule has 2 rings (SSSR count). The normalized spacial score (nSPS) is 18.2. The number of nitrogens with one attached hydrogen (secondary N) is 1. The fraction of sp³-hybridized carbons (Fsp3) is 0.562. The highest BCUT2D eigenvalue weighted by Gasteiger charge is 2.30. The third-order valence-electron chi connectivity index (χ3n) is 4.11. The van der Waals surface area contributed by atoms with Crippen molar-refractivity contribution in [3.05, 3.63) is 24.5 Å². The highest BCUT2D eigenvalue weighted by atomic mass is 16.2. The molecule has 1 aromatic heterocycles. The Bertz CT molecular complexity index is 518. The molecule has 1 fully saturated rings. The average molecular weight is 304 g/mol. The first-order valence-corrected chi connectivity index (χ1v) is 7.71. The van der Waals surface area contributed by atoms with Crippen molar-refractivity contribution in [2.45, 2.75) is 32.7 Å². The van der Waals surface area contributed by atoms with Gasteiger partial charge in [-0.25, -0.2) is 4.79 Å². The quantitative estimate of drug-likeness (QED) is 0.931. The number of hydrogen-bond acceptors (Lipinski definition) is 3. The van der Waals surface area contributed by atoms with Crippen LogP contribution in [0.15, 0.2) is 24.5 Å². The SMILES string of the molecule is CC(C)N(C)C(=O)[C@@H]1CCCN(C(=O)Nc2ccncc2)C1. The van der Waals surface area contributed by atoms with E-state index in [9.17, 15) is 9.59 Å². The lowest BCUT2D eigenvalue weighted by atomic mass is 9.96. The minimum atomic E-state index is -0.157. The first-order chi connectivity index (χ1) is 10.5.